The number of hydrogen-bond acceptors (Lipinski definition) is 5. The maximum absolute atomic E-state index is 13.7. The van der Waals surface area contributed by atoms with Gasteiger partial charge in [0.15, 0.2) is 0 Å². The zero-order valence-corrected chi connectivity index (χ0v) is 31.4. The summed E-state index contributed by atoms with van der Waals surface area (Å²) in [5.41, 5.74) is 0.880. The van der Waals surface area contributed by atoms with E-state index in [4.69, 9.17) is 0 Å². The van der Waals surface area contributed by atoms with E-state index in [9.17, 15) is 19.2 Å². The van der Waals surface area contributed by atoms with Crippen LogP contribution in [0, 0.1) is 23.7 Å². The Bertz CT molecular complexity index is 1030. The van der Waals surface area contributed by atoms with Crippen LogP contribution in [0.15, 0.2) is 24.3 Å². The predicted octanol–water partition coefficient (Wildman–Crippen LogP) is 8.55. The summed E-state index contributed by atoms with van der Waals surface area (Å²) < 4.78 is 0. The molecule has 8 nitrogen and oxygen atoms in total. The zero-order chi connectivity index (χ0) is 35.6. The molecule has 0 spiro atoms. The molecule has 0 saturated carbocycles. The van der Waals surface area contributed by atoms with E-state index in [0.717, 1.165) is 38.5 Å². The van der Waals surface area contributed by atoms with Gasteiger partial charge in [0, 0.05) is 23.0 Å². The number of rotatable bonds is 29. The Labute approximate surface area is 293 Å². The molecule has 48 heavy (non-hydrogen) atoms. The summed E-state index contributed by atoms with van der Waals surface area (Å²) in [4.78, 5) is 51.4. The molecule has 274 valence electrons. The Kier molecular flexibility index (Phi) is 24.5. The summed E-state index contributed by atoms with van der Waals surface area (Å²) in [6.45, 7) is 10.8. The zero-order valence-electron chi connectivity index (χ0n) is 31.4. The molecule has 1 aromatic carbocycles. The van der Waals surface area contributed by atoms with E-state index in [1.807, 2.05) is 0 Å². The van der Waals surface area contributed by atoms with Crippen LogP contribution < -0.4 is 21.3 Å². The van der Waals surface area contributed by atoms with Gasteiger partial charge in [0.25, 0.3) is 11.8 Å². The number of unbranched alkanes of at least 4 members (excludes halogenated alkanes) is 14. The van der Waals surface area contributed by atoms with Crippen molar-refractivity contribution in [2.75, 3.05) is 20.4 Å². The lowest BCUT2D eigenvalue weighted by atomic mass is 9.72. The first-order valence-electron chi connectivity index (χ1n) is 19.3. The topological polar surface area (TPSA) is 116 Å². The molecule has 4 N–H and O–H groups in total. The molecular weight excluding hydrogens is 600 g/mol. The Balaban J connectivity index is 2.78. The van der Waals surface area contributed by atoms with Crippen LogP contribution in [-0.4, -0.2) is 43.9 Å². The fourth-order valence-corrected chi connectivity index (χ4v) is 6.69. The molecule has 0 heterocycles. The summed E-state index contributed by atoms with van der Waals surface area (Å²) in [5.74, 6) is -0.528. The van der Waals surface area contributed by atoms with E-state index in [2.05, 4.69) is 49.0 Å². The number of Topliss-reactive ketones (excluding diaryl/α,β-unsaturated/α-hetero) is 1. The number of carbonyl (C=O) groups excluding carboxylic acids is 4. The van der Waals surface area contributed by atoms with E-state index in [1.165, 1.54) is 77.0 Å². The van der Waals surface area contributed by atoms with Gasteiger partial charge in [-0.1, -0.05) is 130 Å². The van der Waals surface area contributed by atoms with Crippen molar-refractivity contribution < 1.29 is 19.2 Å². The number of benzene rings is 1. The second-order valence-corrected chi connectivity index (χ2v) is 13.9. The van der Waals surface area contributed by atoms with Crippen molar-refractivity contribution in [2.24, 2.45) is 23.7 Å². The third-order valence-corrected chi connectivity index (χ3v) is 10.0. The van der Waals surface area contributed by atoms with Crippen molar-refractivity contribution in [3.8, 4) is 0 Å². The molecule has 0 radical (unpaired) electrons. The van der Waals surface area contributed by atoms with E-state index < -0.39 is 0 Å². The highest BCUT2D eigenvalue weighted by Crippen LogP contribution is 2.34. The number of hydrogen-bond donors (Lipinski definition) is 4. The third kappa shape index (κ3) is 18.1. The van der Waals surface area contributed by atoms with Crippen molar-refractivity contribution in [1.82, 2.24) is 21.3 Å². The number of nitrogens with one attached hydrogen (secondary N) is 4. The molecule has 8 heteroatoms. The van der Waals surface area contributed by atoms with Gasteiger partial charge in [-0.15, -0.1) is 0 Å². The first-order chi connectivity index (χ1) is 23.2. The Morgan fingerprint density at radius 1 is 0.542 bits per heavy atom. The fraction of sp³-hybridized carbons (Fsp3) is 0.750. The van der Waals surface area contributed by atoms with Gasteiger partial charge >= 0.3 is 0 Å². The van der Waals surface area contributed by atoms with Gasteiger partial charge in [0.2, 0.25) is 5.91 Å². The highest BCUT2D eigenvalue weighted by molar-refractivity contribution is 5.97. The second-order valence-electron chi connectivity index (χ2n) is 13.9. The largest absolute Gasteiger partial charge is 0.339 e. The van der Waals surface area contributed by atoms with Gasteiger partial charge in [-0.3, -0.25) is 19.2 Å². The lowest BCUT2D eigenvalue weighted by Gasteiger charge is -2.33. The molecule has 1 rings (SSSR count). The molecule has 0 aliphatic carbocycles. The van der Waals surface area contributed by atoms with Crippen molar-refractivity contribution in [1.29, 1.82) is 0 Å². The van der Waals surface area contributed by atoms with Gasteiger partial charge in [-0.2, -0.15) is 0 Å². The average molecular weight is 671 g/mol. The lowest BCUT2D eigenvalue weighted by Crippen LogP contribution is -2.43. The quantitative estimate of drug-likeness (QED) is 0.0504. The highest BCUT2D eigenvalue weighted by Gasteiger charge is 2.34. The summed E-state index contributed by atoms with van der Waals surface area (Å²) >= 11 is 0. The fourth-order valence-electron chi connectivity index (χ4n) is 6.69. The minimum absolute atomic E-state index is 0.0193. The first-order valence-corrected chi connectivity index (χ1v) is 19.3. The number of ketones is 1. The van der Waals surface area contributed by atoms with E-state index in [0.29, 0.717) is 17.8 Å². The van der Waals surface area contributed by atoms with Gasteiger partial charge in [-0.05, 0) is 62.9 Å². The first kappa shape index (κ1) is 43.3. The molecule has 0 aliphatic heterocycles. The van der Waals surface area contributed by atoms with Crippen LogP contribution in [0.5, 0.6) is 0 Å². The van der Waals surface area contributed by atoms with Crippen LogP contribution in [0.2, 0.25) is 0 Å². The molecule has 4 atom stereocenters. The van der Waals surface area contributed by atoms with E-state index >= 15 is 0 Å². The average Bonchev–Trinajstić information content (AvgIpc) is 3.08. The normalized spacial score (nSPS) is 13.7. The van der Waals surface area contributed by atoms with Crippen molar-refractivity contribution in [3.05, 3.63) is 35.4 Å². The maximum Gasteiger partial charge on any atom is 0.252 e. The molecule has 0 fully saturated rings. The van der Waals surface area contributed by atoms with Crippen molar-refractivity contribution in [2.45, 2.75) is 150 Å². The van der Waals surface area contributed by atoms with Crippen LogP contribution in [0.3, 0.4) is 0 Å². The standard InChI is InChI=1S/C40H70N4O4/c1-7-9-11-13-15-17-19-21-23-36(33(5)45)31(3)32(4)37(24-22-20-18-16-14-12-10-8-2)40(48)44-30-43-39(47)35-27-25-34(26-28-35)38(46)42-29-41-6/h25-28,31-32,36-37,41H,7-24,29-30H2,1-6H3,(H,42,46)(H,43,47)(H,44,48). The van der Waals surface area contributed by atoms with Crippen LogP contribution in [0.4, 0.5) is 0 Å². The molecular formula is C40H70N4O4. The maximum atomic E-state index is 13.7. The summed E-state index contributed by atoms with van der Waals surface area (Å²) in [7, 11) is 1.74. The Morgan fingerprint density at radius 2 is 0.917 bits per heavy atom. The third-order valence-electron chi connectivity index (χ3n) is 10.0. The predicted molar refractivity (Wildman–Crippen MR) is 199 cm³/mol. The Hall–Kier alpha value is -2.74. The summed E-state index contributed by atoms with van der Waals surface area (Å²) in [6, 6.07) is 6.43. The SMILES string of the molecule is CCCCCCCCCCC(C(C)=O)C(C)C(C)C(CCCCCCCCCC)C(=O)NCNC(=O)c1ccc(C(=O)NCNC)cc1. The number of carbonyl (C=O) groups is 4. The molecule has 4 unspecified atom stereocenters. The highest BCUT2D eigenvalue weighted by atomic mass is 16.2. The second kappa shape index (κ2) is 27.1. The van der Waals surface area contributed by atoms with E-state index in [1.54, 1.807) is 38.2 Å². The Morgan fingerprint density at radius 3 is 1.33 bits per heavy atom. The summed E-state index contributed by atoms with van der Waals surface area (Å²) in [6.07, 6.45) is 21.2. The minimum atomic E-state index is -0.319. The molecule has 0 bridgehead atoms. The molecule has 3 amide bonds. The summed E-state index contributed by atoms with van der Waals surface area (Å²) in [5, 5.41) is 11.3. The molecule has 0 saturated heterocycles. The molecule has 0 aliphatic rings. The monoisotopic (exact) mass is 671 g/mol. The van der Waals surface area contributed by atoms with Crippen LogP contribution in [0.1, 0.15) is 171 Å². The van der Waals surface area contributed by atoms with Crippen molar-refractivity contribution >= 4 is 23.5 Å². The van der Waals surface area contributed by atoms with Gasteiger partial charge in [-0.25, -0.2) is 0 Å². The smallest absolute Gasteiger partial charge is 0.252 e. The minimum Gasteiger partial charge on any atom is -0.339 e. The number of amides is 3. The van der Waals surface area contributed by atoms with E-state index in [-0.39, 0.29) is 53.8 Å². The van der Waals surface area contributed by atoms with Crippen LogP contribution >= 0.6 is 0 Å². The van der Waals surface area contributed by atoms with Crippen molar-refractivity contribution in [3.63, 3.8) is 0 Å². The van der Waals surface area contributed by atoms with Crippen LogP contribution in [-0.2, 0) is 9.59 Å². The molecule has 1 aromatic rings. The van der Waals surface area contributed by atoms with Crippen LogP contribution in [0.25, 0.3) is 0 Å². The van der Waals surface area contributed by atoms with Gasteiger partial charge in [0.1, 0.15) is 5.78 Å². The van der Waals surface area contributed by atoms with Gasteiger partial charge < -0.3 is 21.3 Å². The van der Waals surface area contributed by atoms with Gasteiger partial charge in [0.05, 0.1) is 13.3 Å². The molecule has 0 aromatic heterocycles. The lowest BCUT2D eigenvalue weighted by molar-refractivity contribution is -0.130.